The summed E-state index contributed by atoms with van der Waals surface area (Å²) in [5.74, 6) is 1.95. The molecule has 0 aliphatic carbocycles. The largest absolute Gasteiger partial charge is 0.492 e. The van der Waals surface area contributed by atoms with Crippen molar-refractivity contribution in [1.29, 1.82) is 0 Å². The Bertz CT molecular complexity index is 1080. The Morgan fingerprint density at radius 3 is 2.80 bits per heavy atom. The number of likely N-dealkylation sites (N-methyl/N-ethyl adjacent to an activating group) is 1. The van der Waals surface area contributed by atoms with Crippen molar-refractivity contribution in [3.05, 3.63) is 71.2 Å². The zero-order valence-corrected chi connectivity index (χ0v) is 20.8. The first kappa shape index (κ1) is 25.2. The van der Waals surface area contributed by atoms with Crippen LogP contribution in [0, 0.1) is 0 Å². The van der Waals surface area contributed by atoms with Gasteiger partial charge in [-0.25, -0.2) is 4.98 Å². The quantitative estimate of drug-likeness (QED) is 0.412. The molecule has 2 heterocycles. The molecule has 3 aromatic rings. The zero-order valence-electron chi connectivity index (χ0n) is 20.0. The first-order valence-corrected chi connectivity index (χ1v) is 12.4. The third-order valence-electron chi connectivity index (χ3n) is 6.16. The predicted octanol–water partition coefficient (Wildman–Crippen LogP) is 4.73. The zero-order chi connectivity index (χ0) is 24.5. The summed E-state index contributed by atoms with van der Waals surface area (Å²) in [7, 11) is 2.14. The minimum Gasteiger partial charge on any atom is -0.492 e. The molecular weight excluding hydrogens is 466 g/mol. The van der Waals surface area contributed by atoms with Crippen LogP contribution in [0.5, 0.6) is 5.75 Å². The van der Waals surface area contributed by atoms with Gasteiger partial charge in [-0.1, -0.05) is 23.7 Å². The second-order valence-electron chi connectivity index (χ2n) is 8.72. The standard InChI is InChI=1S/C27H32ClN3O4/c1-31(23-11-14-33-15-12-23)13-16-34-24-4-2-3-20(17-24)18-29-26(32)9-10-27-30-19-25(35-27)21-5-7-22(28)8-6-21/h2-8,17,19,23H,9-16,18H2,1H3,(H,29,32). The fourth-order valence-electron chi connectivity index (χ4n) is 4.04. The molecule has 0 saturated carbocycles. The number of benzene rings is 2. The Balaban J connectivity index is 1.17. The molecule has 4 rings (SSSR count). The Morgan fingerprint density at radius 1 is 1.20 bits per heavy atom. The van der Waals surface area contributed by atoms with Crippen LogP contribution in [0.15, 0.2) is 59.1 Å². The second-order valence-corrected chi connectivity index (χ2v) is 9.16. The third-order valence-corrected chi connectivity index (χ3v) is 6.42. The maximum absolute atomic E-state index is 12.3. The summed E-state index contributed by atoms with van der Waals surface area (Å²) in [5, 5.41) is 3.63. The van der Waals surface area contributed by atoms with Crippen molar-refractivity contribution >= 4 is 17.5 Å². The van der Waals surface area contributed by atoms with E-state index in [1.54, 1.807) is 18.3 Å². The molecular formula is C27H32ClN3O4. The van der Waals surface area contributed by atoms with Gasteiger partial charge in [0.25, 0.3) is 0 Å². The van der Waals surface area contributed by atoms with Crippen LogP contribution in [0.2, 0.25) is 5.02 Å². The molecule has 35 heavy (non-hydrogen) atoms. The van der Waals surface area contributed by atoms with E-state index < -0.39 is 0 Å². The van der Waals surface area contributed by atoms with Gasteiger partial charge in [-0.3, -0.25) is 9.69 Å². The number of ether oxygens (including phenoxy) is 2. The Hall–Kier alpha value is -2.87. The number of aryl methyl sites for hydroxylation is 1. The van der Waals surface area contributed by atoms with Crippen molar-refractivity contribution in [2.24, 2.45) is 0 Å². The van der Waals surface area contributed by atoms with E-state index in [1.165, 1.54) is 0 Å². The average Bonchev–Trinajstić information content (AvgIpc) is 3.36. The minimum absolute atomic E-state index is 0.0550. The molecule has 0 bridgehead atoms. The number of oxazole rings is 1. The molecule has 0 unspecified atom stereocenters. The van der Waals surface area contributed by atoms with Crippen molar-refractivity contribution in [2.45, 2.75) is 38.3 Å². The predicted molar refractivity (Wildman–Crippen MR) is 136 cm³/mol. The minimum atomic E-state index is -0.0550. The van der Waals surface area contributed by atoms with Crippen LogP contribution in [0.25, 0.3) is 11.3 Å². The molecule has 186 valence electrons. The summed E-state index contributed by atoms with van der Waals surface area (Å²) in [6, 6.07) is 15.8. The van der Waals surface area contributed by atoms with E-state index >= 15 is 0 Å². The van der Waals surface area contributed by atoms with E-state index in [4.69, 9.17) is 25.5 Å². The van der Waals surface area contributed by atoms with Crippen molar-refractivity contribution in [3.63, 3.8) is 0 Å². The highest BCUT2D eigenvalue weighted by Crippen LogP contribution is 2.23. The molecule has 7 nitrogen and oxygen atoms in total. The number of rotatable bonds is 11. The van der Waals surface area contributed by atoms with Crippen molar-refractivity contribution in [3.8, 4) is 17.1 Å². The first-order valence-electron chi connectivity index (χ1n) is 12.0. The molecule has 0 radical (unpaired) electrons. The molecule has 2 aromatic carbocycles. The molecule has 1 aliphatic rings. The molecule has 0 spiro atoms. The summed E-state index contributed by atoms with van der Waals surface area (Å²) in [6.45, 7) is 3.61. The number of halogens is 1. The fraction of sp³-hybridized carbons (Fsp3) is 0.407. The summed E-state index contributed by atoms with van der Waals surface area (Å²) >= 11 is 5.93. The SMILES string of the molecule is CN(CCOc1cccc(CNC(=O)CCc2ncc(-c3ccc(Cl)cc3)o2)c1)C1CCOCC1. The summed E-state index contributed by atoms with van der Waals surface area (Å²) in [5.41, 5.74) is 1.89. The van der Waals surface area contributed by atoms with Crippen molar-refractivity contribution in [1.82, 2.24) is 15.2 Å². The highest BCUT2D eigenvalue weighted by molar-refractivity contribution is 6.30. The maximum atomic E-state index is 12.3. The van der Waals surface area contributed by atoms with Crippen LogP contribution >= 0.6 is 11.6 Å². The van der Waals surface area contributed by atoms with E-state index in [9.17, 15) is 4.79 Å². The number of carbonyl (C=O) groups excluding carboxylic acids is 1. The van der Waals surface area contributed by atoms with Crippen molar-refractivity contribution < 1.29 is 18.7 Å². The van der Waals surface area contributed by atoms with Gasteiger partial charge in [0.1, 0.15) is 12.4 Å². The van der Waals surface area contributed by atoms with E-state index in [0.717, 1.165) is 49.5 Å². The van der Waals surface area contributed by atoms with Gasteiger partial charge in [-0.05, 0) is 61.9 Å². The fourth-order valence-corrected chi connectivity index (χ4v) is 4.17. The number of nitrogens with zero attached hydrogens (tertiary/aromatic N) is 2. The monoisotopic (exact) mass is 497 g/mol. The Kier molecular flexibility index (Phi) is 9.17. The van der Waals surface area contributed by atoms with Crippen LogP contribution in [0.1, 0.15) is 30.7 Å². The Morgan fingerprint density at radius 2 is 2.00 bits per heavy atom. The van der Waals surface area contributed by atoms with E-state index in [-0.39, 0.29) is 5.91 Å². The molecule has 1 aromatic heterocycles. The lowest BCUT2D eigenvalue weighted by Gasteiger charge is -2.31. The van der Waals surface area contributed by atoms with Gasteiger partial charge in [0, 0.05) is 55.8 Å². The summed E-state index contributed by atoms with van der Waals surface area (Å²) < 4.78 is 17.2. The topological polar surface area (TPSA) is 76.8 Å². The van der Waals surface area contributed by atoms with Crippen LogP contribution in [0.4, 0.5) is 0 Å². The van der Waals surface area contributed by atoms with Gasteiger partial charge >= 0.3 is 0 Å². The van der Waals surface area contributed by atoms with E-state index in [1.807, 2.05) is 36.4 Å². The van der Waals surface area contributed by atoms with Crippen LogP contribution in [-0.4, -0.2) is 55.2 Å². The number of hydrogen-bond donors (Lipinski definition) is 1. The van der Waals surface area contributed by atoms with Crippen molar-refractivity contribution in [2.75, 3.05) is 33.4 Å². The second kappa shape index (κ2) is 12.7. The van der Waals surface area contributed by atoms with Crippen LogP contribution in [-0.2, 0) is 22.5 Å². The van der Waals surface area contributed by atoms with Gasteiger partial charge in [0.15, 0.2) is 11.7 Å². The van der Waals surface area contributed by atoms with Gasteiger partial charge in [0.05, 0.1) is 6.20 Å². The molecule has 8 heteroatoms. The smallest absolute Gasteiger partial charge is 0.220 e. The van der Waals surface area contributed by atoms with E-state index in [2.05, 4.69) is 22.2 Å². The summed E-state index contributed by atoms with van der Waals surface area (Å²) in [6.07, 6.45) is 4.55. The molecule has 1 fully saturated rings. The average molecular weight is 498 g/mol. The number of amides is 1. The Labute approximate surface area is 211 Å². The van der Waals surface area contributed by atoms with Gasteiger partial charge < -0.3 is 19.2 Å². The molecule has 1 amide bonds. The normalized spacial score (nSPS) is 14.3. The molecule has 0 atom stereocenters. The lowest BCUT2D eigenvalue weighted by atomic mass is 10.1. The lowest BCUT2D eigenvalue weighted by Crippen LogP contribution is -2.38. The number of aromatic nitrogens is 1. The summed E-state index contributed by atoms with van der Waals surface area (Å²) in [4.78, 5) is 19.0. The number of nitrogens with one attached hydrogen (secondary N) is 1. The maximum Gasteiger partial charge on any atom is 0.220 e. The molecule has 1 saturated heterocycles. The van der Waals surface area contributed by atoms with E-state index in [0.29, 0.717) is 48.7 Å². The molecule has 1 N–H and O–H groups in total. The molecule has 1 aliphatic heterocycles. The highest BCUT2D eigenvalue weighted by Gasteiger charge is 2.18. The first-order chi connectivity index (χ1) is 17.1. The number of hydrogen-bond acceptors (Lipinski definition) is 6. The van der Waals surface area contributed by atoms with Gasteiger partial charge in [0.2, 0.25) is 5.91 Å². The third kappa shape index (κ3) is 7.82. The van der Waals surface area contributed by atoms with Crippen LogP contribution < -0.4 is 10.1 Å². The van der Waals surface area contributed by atoms with Gasteiger partial charge in [-0.2, -0.15) is 0 Å². The lowest BCUT2D eigenvalue weighted by molar-refractivity contribution is -0.121. The number of carbonyl (C=O) groups is 1. The highest BCUT2D eigenvalue weighted by atomic mass is 35.5. The van der Waals surface area contributed by atoms with Gasteiger partial charge in [-0.15, -0.1) is 0 Å². The van der Waals surface area contributed by atoms with Crippen LogP contribution in [0.3, 0.4) is 0 Å².